The van der Waals surface area contributed by atoms with E-state index in [-0.39, 0.29) is 29.2 Å². The first-order valence-corrected chi connectivity index (χ1v) is 10.3. The molecule has 0 radical (unpaired) electrons. The molecule has 4 N–H and O–H groups in total. The van der Waals surface area contributed by atoms with Crippen LogP contribution in [0.4, 0.5) is 16.2 Å². The van der Waals surface area contributed by atoms with Crippen molar-refractivity contribution in [2.75, 3.05) is 17.7 Å². The largest absolute Gasteiger partial charge is 0.341 e. The zero-order valence-electron chi connectivity index (χ0n) is 19.0. The predicted octanol–water partition coefficient (Wildman–Crippen LogP) is 4.13. The lowest BCUT2D eigenvalue weighted by Gasteiger charge is -2.22. The number of nitrogens with one attached hydrogen (secondary N) is 4. The van der Waals surface area contributed by atoms with Crippen LogP contribution in [0.15, 0.2) is 48.5 Å². The van der Waals surface area contributed by atoms with Gasteiger partial charge in [0.15, 0.2) is 0 Å². The molecule has 2 aromatic carbocycles. The van der Waals surface area contributed by atoms with E-state index in [9.17, 15) is 14.4 Å². The van der Waals surface area contributed by atoms with E-state index in [0.717, 1.165) is 5.56 Å². The van der Waals surface area contributed by atoms with Gasteiger partial charge in [0.25, 0.3) is 5.91 Å². The first kappa shape index (κ1) is 23.9. The normalized spacial score (nSPS) is 12.1. The van der Waals surface area contributed by atoms with Crippen molar-refractivity contribution in [2.45, 2.75) is 46.1 Å². The van der Waals surface area contributed by atoms with E-state index >= 15 is 0 Å². The molecule has 2 aromatic rings. The molecule has 4 amide bonds. The highest BCUT2D eigenvalue weighted by atomic mass is 16.2. The van der Waals surface area contributed by atoms with Crippen LogP contribution < -0.4 is 21.3 Å². The number of rotatable bonds is 6. The first-order valence-electron chi connectivity index (χ1n) is 10.3. The van der Waals surface area contributed by atoms with Gasteiger partial charge in [-0.1, -0.05) is 52.8 Å². The van der Waals surface area contributed by atoms with Crippen LogP contribution in [-0.4, -0.2) is 30.9 Å². The molecule has 0 bridgehead atoms. The highest BCUT2D eigenvalue weighted by molar-refractivity contribution is 6.01. The van der Waals surface area contributed by atoms with Crippen LogP contribution in [0.2, 0.25) is 0 Å². The van der Waals surface area contributed by atoms with E-state index < -0.39 is 6.04 Å². The standard InChI is InChI=1S/C24H32N4O3/c1-15(2)20(28-21(29)16-10-12-17(13-11-16)24(3,4)5)22(30)26-18-8-7-9-19(14-18)27-23(31)25-6/h7-15,20H,1-6H3,(H,26,30)(H,28,29)(H2,25,27,31). The zero-order valence-corrected chi connectivity index (χ0v) is 19.0. The molecule has 0 aliphatic heterocycles. The van der Waals surface area contributed by atoms with Crippen molar-refractivity contribution in [3.05, 3.63) is 59.7 Å². The Morgan fingerprint density at radius 3 is 1.97 bits per heavy atom. The second-order valence-corrected chi connectivity index (χ2v) is 8.80. The van der Waals surface area contributed by atoms with E-state index in [0.29, 0.717) is 16.9 Å². The van der Waals surface area contributed by atoms with Gasteiger partial charge in [-0.25, -0.2) is 4.79 Å². The summed E-state index contributed by atoms with van der Waals surface area (Å²) in [4.78, 5) is 37.1. The molecule has 0 aromatic heterocycles. The first-order chi connectivity index (χ1) is 14.5. The van der Waals surface area contributed by atoms with Crippen molar-refractivity contribution in [1.29, 1.82) is 0 Å². The van der Waals surface area contributed by atoms with Crippen LogP contribution in [0, 0.1) is 5.92 Å². The van der Waals surface area contributed by atoms with Crippen molar-refractivity contribution < 1.29 is 14.4 Å². The molecule has 166 valence electrons. The van der Waals surface area contributed by atoms with Crippen molar-refractivity contribution in [1.82, 2.24) is 10.6 Å². The molecule has 0 fully saturated rings. The maximum Gasteiger partial charge on any atom is 0.318 e. The van der Waals surface area contributed by atoms with Gasteiger partial charge in [0.1, 0.15) is 6.04 Å². The van der Waals surface area contributed by atoms with Crippen molar-refractivity contribution in [2.24, 2.45) is 5.92 Å². The third-order valence-corrected chi connectivity index (χ3v) is 4.86. The Bertz CT molecular complexity index is 931. The number of hydrogen-bond acceptors (Lipinski definition) is 3. The molecule has 7 heteroatoms. The maximum atomic E-state index is 12.9. The lowest BCUT2D eigenvalue weighted by Crippen LogP contribution is -2.47. The highest BCUT2D eigenvalue weighted by Gasteiger charge is 2.25. The van der Waals surface area contributed by atoms with Gasteiger partial charge in [-0.05, 0) is 47.2 Å². The second-order valence-electron chi connectivity index (χ2n) is 8.80. The molecule has 2 rings (SSSR count). The Kier molecular flexibility index (Phi) is 7.80. The molecule has 31 heavy (non-hydrogen) atoms. The summed E-state index contributed by atoms with van der Waals surface area (Å²) in [7, 11) is 1.52. The Balaban J connectivity index is 2.10. The van der Waals surface area contributed by atoms with Gasteiger partial charge in [-0.15, -0.1) is 0 Å². The van der Waals surface area contributed by atoms with Gasteiger partial charge in [0, 0.05) is 24.0 Å². The number of anilines is 2. The van der Waals surface area contributed by atoms with Gasteiger partial charge in [-0.2, -0.15) is 0 Å². The molecule has 0 heterocycles. The number of benzene rings is 2. The maximum absolute atomic E-state index is 12.9. The van der Waals surface area contributed by atoms with E-state index in [4.69, 9.17) is 0 Å². The van der Waals surface area contributed by atoms with Crippen LogP contribution in [0.1, 0.15) is 50.5 Å². The average Bonchev–Trinajstić information content (AvgIpc) is 2.71. The summed E-state index contributed by atoms with van der Waals surface area (Å²) in [5.41, 5.74) is 2.70. The Hall–Kier alpha value is -3.35. The van der Waals surface area contributed by atoms with Crippen molar-refractivity contribution in [3.63, 3.8) is 0 Å². The number of amides is 4. The number of urea groups is 1. The van der Waals surface area contributed by atoms with Gasteiger partial charge < -0.3 is 21.3 Å². The molecule has 0 saturated carbocycles. The minimum absolute atomic E-state index is 0.00341. The fourth-order valence-electron chi connectivity index (χ4n) is 2.97. The number of carbonyl (C=O) groups is 3. The van der Waals surface area contributed by atoms with Crippen LogP contribution in [0.5, 0.6) is 0 Å². The van der Waals surface area contributed by atoms with Crippen LogP contribution in [0.25, 0.3) is 0 Å². The summed E-state index contributed by atoms with van der Waals surface area (Å²) < 4.78 is 0. The van der Waals surface area contributed by atoms with Gasteiger partial charge in [0.2, 0.25) is 5.91 Å². The molecule has 0 spiro atoms. The summed E-state index contributed by atoms with van der Waals surface area (Å²) in [5.74, 6) is -0.749. The van der Waals surface area contributed by atoms with E-state index in [1.807, 2.05) is 26.0 Å². The van der Waals surface area contributed by atoms with Crippen molar-refractivity contribution in [3.8, 4) is 0 Å². The van der Waals surface area contributed by atoms with Crippen LogP contribution >= 0.6 is 0 Å². The van der Waals surface area contributed by atoms with E-state index in [1.54, 1.807) is 36.4 Å². The second kappa shape index (κ2) is 10.1. The summed E-state index contributed by atoms with van der Waals surface area (Å²) in [6, 6.07) is 13.2. The molecule has 1 atom stereocenters. The average molecular weight is 425 g/mol. The predicted molar refractivity (Wildman–Crippen MR) is 124 cm³/mol. The summed E-state index contributed by atoms with van der Waals surface area (Å²) in [6.07, 6.45) is 0. The summed E-state index contributed by atoms with van der Waals surface area (Å²) in [5, 5.41) is 10.8. The molecular weight excluding hydrogens is 392 g/mol. The molecule has 1 unspecified atom stereocenters. The lowest BCUT2D eigenvalue weighted by molar-refractivity contribution is -0.118. The summed E-state index contributed by atoms with van der Waals surface area (Å²) in [6.45, 7) is 10.1. The zero-order chi connectivity index (χ0) is 23.2. The Morgan fingerprint density at radius 1 is 0.871 bits per heavy atom. The minimum Gasteiger partial charge on any atom is -0.341 e. The quantitative estimate of drug-likeness (QED) is 0.561. The van der Waals surface area contributed by atoms with Gasteiger partial charge >= 0.3 is 6.03 Å². The molecular formula is C24H32N4O3. The summed E-state index contributed by atoms with van der Waals surface area (Å²) >= 11 is 0. The van der Waals surface area contributed by atoms with Crippen LogP contribution in [0.3, 0.4) is 0 Å². The third-order valence-electron chi connectivity index (χ3n) is 4.86. The van der Waals surface area contributed by atoms with E-state index in [1.165, 1.54) is 7.05 Å². The fourth-order valence-corrected chi connectivity index (χ4v) is 2.97. The minimum atomic E-state index is -0.717. The molecule has 7 nitrogen and oxygen atoms in total. The fraction of sp³-hybridized carbons (Fsp3) is 0.375. The Morgan fingerprint density at radius 2 is 1.45 bits per heavy atom. The van der Waals surface area contributed by atoms with Gasteiger partial charge in [0.05, 0.1) is 0 Å². The topological polar surface area (TPSA) is 99.3 Å². The highest BCUT2D eigenvalue weighted by Crippen LogP contribution is 2.22. The monoisotopic (exact) mass is 424 g/mol. The van der Waals surface area contributed by atoms with Crippen LogP contribution in [-0.2, 0) is 10.2 Å². The van der Waals surface area contributed by atoms with E-state index in [2.05, 4.69) is 42.0 Å². The number of hydrogen-bond donors (Lipinski definition) is 4. The Labute approximate surface area is 184 Å². The smallest absolute Gasteiger partial charge is 0.318 e. The third kappa shape index (κ3) is 6.84. The molecule has 0 aliphatic rings. The molecule has 0 aliphatic carbocycles. The number of carbonyl (C=O) groups excluding carboxylic acids is 3. The van der Waals surface area contributed by atoms with Gasteiger partial charge in [-0.3, -0.25) is 9.59 Å². The van der Waals surface area contributed by atoms with Crippen molar-refractivity contribution >= 4 is 29.2 Å². The lowest BCUT2D eigenvalue weighted by atomic mass is 9.86. The molecule has 0 saturated heterocycles. The SMILES string of the molecule is CNC(=O)Nc1cccc(NC(=O)C(NC(=O)c2ccc(C(C)(C)C)cc2)C(C)C)c1.